The van der Waals surface area contributed by atoms with Crippen molar-refractivity contribution < 1.29 is 34.0 Å². The maximum Gasteiger partial charge on any atom is 0.343 e. The maximum absolute atomic E-state index is 12.1. The molecular formula is C13H16O7. The molecule has 0 saturated carbocycles. The largest absolute Gasteiger partial charge is 0.493 e. The summed E-state index contributed by atoms with van der Waals surface area (Å²) in [6.45, 7) is 0.897. The minimum atomic E-state index is -2.56. The summed E-state index contributed by atoms with van der Waals surface area (Å²) in [4.78, 5) is 23.1. The first-order valence-corrected chi connectivity index (χ1v) is 5.60. The van der Waals surface area contributed by atoms with Crippen LogP contribution in [0.25, 0.3) is 0 Å². The van der Waals surface area contributed by atoms with Crippen LogP contribution in [0.1, 0.15) is 17.3 Å². The van der Waals surface area contributed by atoms with Crippen LogP contribution >= 0.6 is 0 Å². The van der Waals surface area contributed by atoms with Crippen molar-refractivity contribution in [3.8, 4) is 17.2 Å². The highest BCUT2D eigenvalue weighted by atomic mass is 16.5. The minimum Gasteiger partial charge on any atom is -0.493 e. The number of Topliss-reactive ketones (excluding diaryl/α,β-unsaturated/α-hetero) is 1. The zero-order valence-electron chi connectivity index (χ0n) is 11.6. The third kappa shape index (κ3) is 2.53. The Kier molecular flexibility index (Phi) is 4.57. The van der Waals surface area contributed by atoms with Crippen molar-refractivity contribution in [2.24, 2.45) is 0 Å². The molecule has 0 heterocycles. The average molecular weight is 284 g/mol. The van der Waals surface area contributed by atoms with Crippen molar-refractivity contribution in [3.05, 3.63) is 17.7 Å². The number of carboxylic acids is 1. The third-order valence-corrected chi connectivity index (χ3v) is 2.81. The molecule has 0 fully saturated rings. The number of methoxy groups -OCH3 is 3. The van der Waals surface area contributed by atoms with Gasteiger partial charge in [-0.05, 0) is 19.1 Å². The van der Waals surface area contributed by atoms with Crippen LogP contribution < -0.4 is 14.2 Å². The van der Waals surface area contributed by atoms with Crippen LogP contribution in [0.15, 0.2) is 12.1 Å². The molecule has 0 radical (unpaired) electrons. The molecule has 0 spiro atoms. The molecule has 1 aromatic carbocycles. The van der Waals surface area contributed by atoms with Crippen molar-refractivity contribution in [2.45, 2.75) is 12.5 Å². The fourth-order valence-corrected chi connectivity index (χ4v) is 1.64. The summed E-state index contributed by atoms with van der Waals surface area (Å²) in [6.07, 6.45) is 0. The molecule has 0 aliphatic heterocycles. The van der Waals surface area contributed by atoms with Crippen LogP contribution in [0, 0.1) is 0 Å². The predicted molar refractivity (Wildman–Crippen MR) is 68.7 cm³/mol. The van der Waals surface area contributed by atoms with E-state index in [0.29, 0.717) is 5.75 Å². The second-order valence-electron chi connectivity index (χ2n) is 4.09. The number of hydrogen-bond acceptors (Lipinski definition) is 6. The molecule has 0 saturated heterocycles. The third-order valence-electron chi connectivity index (χ3n) is 2.81. The Labute approximate surface area is 115 Å². The molecule has 7 nitrogen and oxygen atoms in total. The molecule has 0 amide bonds. The monoisotopic (exact) mass is 284 g/mol. The molecule has 7 heteroatoms. The Hall–Kier alpha value is -2.28. The van der Waals surface area contributed by atoms with E-state index in [1.165, 1.54) is 33.5 Å². The van der Waals surface area contributed by atoms with Crippen LogP contribution in [0.4, 0.5) is 0 Å². The quantitative estimate of drug-likeness (QED) is 0.586. The Morgan fingerprint density at radius 1 is 1.05 bits per heavy atom. The standard InChI is InChI=1S/C13H16O7/c1-13(17,12(15)16)11(14)7-5-6-8(18-2)10(20-4)9(7)19-3/h5-6,17H,1-4H3,(H,15,16). The highest BCUT2D eigenvalue weighted by molar-refractivity contribution is 6.16. The van der Waals surface area contributed by atoms with Crippen molar-refractivity contribution in [1.82, 2.24) is 0 Å². The van der Waals surface area contributed by atoms with E-state index in [2.05, 4.69) is 0 Å². The van der Waals surface area contributed by atoms with Crippen LogP contribution in [-0.2, 0) is 4.79 Å². The Morgan fingerprint density at radius 2 is 1.60 bits per heavy atom. The Balaban J connectivity index is 3.47. The average Bonchev–Trinajstić information content (AvgIpc) is 2.44. The number of rotatable bonds is 6. The lowest BCUT2D eigenvalue weighted by molar-refractivity contribution is -0.151. The summed E-state index contributed by atoms with van der Waals surface area (Å²) >= 11 is 0. The molecule has 1 unspecified atom stereocenters. The molecule has 1 aromatic rings. The van der Waals surface area contributed by atoms with Gasteiger partial charge in [-0.3, -0.25) is 4.79 Å². The van der Waals surface area contributed by atoms with Crippen LogP contribution in [0.5, 0.6) is 17.2 Å². The van der Waals surface area contributed by atoms with Crippen LogP contribution in [0.2, 0.25) is 0 Å². The summed E-state index contributed by atoms with van der Waals surface area (Å²) in [5.41, 5.74) is -2.68. The first-order chi connectivity index (χ1) is 9.31. The van der Waals surface area contributed by atoms with Crippen molar-refractivity contribution in [3.63, 3.8) is 0 Å². The summed E-state index contributed by atoms with van der Waals surface area (Å²) in [5.74, 6) is -2.21. The summed E-state index contributed by atoms with van der Waals surface area (Å²) < 4.78 is 15.2. The van der Waals surface area contributed by atoms with Crippen molar-refractivity contribution >= 4 is 11.8 Å². The van der Waals surface area contributed by atoms with Gasteiger partial charge >= 0.3 is 5.97 Å². The summed E-state index contributed by atoms with van der Waals surface area (Å²) in [5, 5.41) is 18.6. The number of carbonyl (C=O) groups is 2. The number of aliphatic hydroxyl groups is 1. The fraction of sp³-hybridized carbons (Fsp3) is 0.385. The predicted octanol–water partition coefficient (Wildman–Crippen LogP) is 0.731. The van der Waals surface area contributed by atoms with Gasteiger partial charge < -0.3 is 24.4 Å². The van der Waals surface area contributed by atoms with E-state index < -0.39 is 17.4 Å². The zero-order valence-corrected chi connectivity index (χ0v) is 11.6. The minimum absolute atomic E-state index is 0.00150. The first kappa shape index (κ1) is 15.8. The van der Waals surface area contributed by atoms with E-state index in [1.807, 2.05) is 0 Å². The molecule has 1 rings (SSSR count). The zero-order chi connectivity index (χ0) is 15.5. The highest BCUT2D eigenvalue weighted by Gasteiger charge is 2.41. The number of aliphatic carboxylic acids is 1. The molecule has 0 aliphatic rings. The topological polar surface area (TPSA) is 102 Å². The number of carboxylic acid groups (broad SMARTS) is 1. The van der Waals surface area contributed by atoms with Gasteiger partial charge in [-0.2, -0.15) is 0 Å². The Morgan fingerprint density at radius 3 is 2.00 bits per heavy atom. The maximum atomic E-state index is 12.1. The van der Waals surface area contributed by atoms with E-state index in [0.717, 1.165) is 6.92 Å². The van der Waals surface area contributed by atoms with Crippen LogP contribution in [-0.4, -0.2) is 48.9 Å². The molecule has 0 bridgehead atoms. The fourth-order valence-electron chi connectivity index (χ4n) is 1.64. The van der Waals surface area contributed by atoms with E-state index in [9.17, 15) is 14.7 Å². The molecule has 1 atom stereocenters. The highest BCUT2D eigenvalue weighted by Crippen LogP contribution is 2.40. The van der Waals surface area contributed by atoms with Crippen molar-refractivity contribution in [1.29, 1.82) is 0 Å². The van der Waals surface area contributed by atoms with Gasteiger partial charge in [-0.15, -0.1) is 0 Å². The summed E-state index contributed by atoms with van der Waals surface area (Å²) in [7, 11) is 4.06. The van der Waals surface area contributed by atoms with E-state index in [1.54, 1.807) is 0 Å². The van der Waals surface area contributed by atoms with Gasteiger partial charge in [-0.25, -0.2) is 4.79 Å². The van der Waals surface area contributed by atoms with Gasteiger partial charge in [0, 0.05) is 0 Å². The Bertz CT molecular complexity index is 534. The molecule has 110 valence electrons. The van der Waals surface area contributed by atoms with Gasteiger partial charge in [0.1, 0.15) is 0 Å². The van der Waals surface area contributed by atoms with Gasteiger partial charge in [0.15, 0.2) is 11.5 Å². The van der Waals surface area contributed by atoms with Gasteiger partial charge in [0.2, 0.25) is 17.1 Å². The lowest BCUT2D eigenvalue weighted by Gasteiger charge is -2.20. The normalized spacial score (nSPS) is 13.2. The number of ketones is 1. The lowest BCUT2D eigenvalue weighted by Crippen LogP contribution is -2.43. The second kappa shape index (κ2) is 5.79. The smallest absolute Gasteiger partial charge is 0.343 e. The summed E-state index contributed by atoms with van der Waals surface area (Å²) in [6, 6.07) is 2.73. The first-order valence-electron chi connectivity index (χ1n) is 5.60. The van der Waals surface area contributed by atoms with Gasteiger partial charge in [0.25, 0.3) is 0 Å². The molecule has 2 N–H and O–H groups in total. The molecule has 0 aromatic heterocycles. The van der Waals surface area contributed by atoms with Gasteiger partial charge in [0.05, 0.1) is 26.9 Å². The molecule has 20 heavy (non-hydrogen) atoms. The van der Waals surface area contributed by atoms with E-state index >= 15 is 0 Å². The number of hydrogen-bond donors (Lipinski definition) is 2. The number of carbonyl (C=O) groups excluding carboxylic acids is 1. The molecular weight excluding hydrogens is 268 g/mol. The number of benzene rings is 1. The second-order valence-corrected chi connectivity index (χ2v) is 4.09. The SMILES string of the molecule is COc1ccc(C(=O)C(C)(O)C(=O)O)c(OC)c1OC. The van der Waals surface area contributed by atoms with E-state index in [4.69, 9.17) is 19.3 Å². The van der Waals surface area contributed by atoms with Gasteiger partial charge in [-0.1, -0.05) is 0 Å². The number of ether oxygens (including phenoxy) is 3. The van der Waals surface area contributed by atoms with E-state index in [-0.39, 0.29) is 17.1 Å². The lowest BCUT2D eigenvalue weighted by atomic mass is 9.94. The van der Waals surface area contributed by atoms with Crippen LogP contribution in [0.3, 0.4) is 0 Å². The van der Waals surface area contributed by atoms with Crippen molar-refractivity contribution in [2.75, 3.05) is 21.3 Å². The molecule has 0 aliphatic carbocycles.